The van der Waals surface area contributed by atoms with Crippen molar-refractivity contribution in [2.75, 3.05) is 13.7 Å². The van der Waals surface area contributed by atoms with E-state index in [4.69, 9.17) is 27.9 Å². The highest BCUT2D eigenvalue weighted by atomic mass is 35.5. The van der Waals surface area contributed by atoms with Gasteiger partial charge in [0.2, 0.25) is 0 Å². The molecule has 0 unspecified atom stereocenters. The molecule has 0 aliphatic rings. The predicted molar refractivity (Wildman–Crippen MR) is 77.8 cm³/mol. The van der Waals surface area contributed by atoms with Gasteiger partial charge in [-0.1, -0.05) is 23.2 Å². The molecule has 4 nitrogen and oxygen atoms in total. The number of halogens is 2. The Labute approximate surface area is 128 Å². The lowest BCUT2D eigenvalue weighted by Gasteiger charge is -2.11. The summed E-state index contributed by atoms with van der Waals surface area (Å²) in [6.45, 7) is 2.19. The quantitative estimate of drug-likeness (QED) is 0.565. The van der Waals surface area contributed by atoms with Crippen LogP contribution in [0.15, 0.2) is 12.1 Å². The lowest BCUT2D eigenvalue weighted by molar-refractivity contribution is -0.140. The molecule has 0 bridgehead atoms. The monoisotopic (exact) mass is 318 g/mol. The number of ether oxygens (including phenoxy) is 2. The van der Waals surface area contributed by atoms with Crippen molar-refractivity contribution >= 4 is 35.0 Å². The van der Waals surface area contributed by atoms with Crippen molar-refractivity contribution in [2.24, 2.45) is 0 Å². The second kappa shape index (κ2) is 8.12. The number of esters is 1. The van der Waals surface area contributed by atoms with Crippen LogP contribution in [0, 0.1) is 0 Å². The van der Waals surface area contributed by atoms with Crippen molar-refractivity contribution in [3.05, 3.63) is 27.7 Å². The smallest absolute Gasteiger partial charge is 0.305 e. The van der Waals surface area contributed by atoms with Gasteiger partial charge in [0.25, 0.3) is 0 Å². The Balaban J connectivity index is 2.83. The van der Waals surface area contributed by atoms with E-state index in [-0.39, 0.29) is 24.6 Å². The third-order valence-corrected chi connectivity index (χ3v) is 3.11. The first-order chi connectivity index (χ1) is 9.49. The maximum atomic E-state index is 12.2. The van der Waals surface area contributed by atoms with Gasteiger partial charge in [0, 0.05) is 17.9 Å². The van der Waals surface area contributed by atoms with Crippen LogP contribution >= 0.6 is 23.2 Å². The molecule has 0 atom stereocenters. The van der Waals surface area contributed by atoms with Gasteiger partial charge in [-0.2, -0.15) is 0 Å². The number of methoxy groups -OCH3 is 1. The van der Waals surface area contributed by atoms with Gasteiger partial charge in [-0.05, 0) is 25.5 Å². The minimum atomic E-state index is -0.341. The van der Waals surface area contributed by atoms with Gasteiger partial charge in [0.15, 0.2) is 5.78 Å². The summed E-state index contributed by atoms with van der Waals surface area (Å²) in [6.07, 6.45) is 0.799. The van der Waals surface area contributed by atoms with Crippen LogP contribution in [0.5, 0.6) is 5.75 Å². The Morgan fingerprint density at radius 2 is 1.90 bits per heavy atom. The molecule has 0 fully saturated rings. The molecule has 0 amide bonds. The summed E-state index contributed by atoms with van der Waals surface area (Å²) in [5.74, 6) is -0.171. The predicted octanol–water partition coefficient (Wildman–Crippen LogP) is 3.92. The van der Waals surface area contributed by atoms with Crippen LogP contribution in [0.1, 0.15) is 36.5 Å². The molecule has 0 heterocycles. The van der Waals surface area contributed by atoms with Crippen LogP contribution in [0.4, 0.5) is 0 Å². The van der Waals surface area contributed by atoms with Crippen molar-refractivity contribution < 1.29 is 19.1 Å². The van der Waals surface area contributed by atoms with E-state index < -0.39 is 0 Å². The zero-order valence-electron chi connectivity index (χ0n) is 11.4. The first-order valence-electron chi connectivity index (χ1n) is 6.21. The average molecular weight is 319 g/mol. The Kier molecular flexibility index (Phi) is 6.82. The van der Waals surface area contributed by atoms with E-state index in [1.54, 1.807) is 6.92 Å². The van der Waals surface area contributed by atoms with Gasteiger partial charge >= 0.3 is 5.97 Å². The molecule has 0 aromatic heterocycles. The molecule has 1 aromatic carbocycles. The Morgan fingerprint density at radius 1 is 1.20 bits per heavy atom. The fraction of sp³-hybridized carbons (Fsp3) is 0.429. The molecular weight excluding hydrogens is 303 g/mol. The second-order valence-electron chi connectivity index (χ2n) is 4.05. The van der Waals surface area contributed by atoms with Gasteiger partial charge in [-0.3, -0.25) is 9.59 Å². The molecule has 1 aromatic rings. The fourth-order valence-corrected chi connectivity index (χ4v) is 2.24. The normalized spacial score (nSPS) is 10.2. The summed E-state index contributed by atoms with van der Waals surface area (Å²) in [5.41, 5.74) is 0.342. The van der Waals surface area contributed by atoms with Crippen LogP contribution in [0.25, 0.3) is 0 Å². The SMILES string of the molecule is CCOc1c(Cl)cc(Cl)cc1C(=O)CCCC(=O)OC. The second-order valence-corrected chi connectivity index (χ2v) is 4.89. The Morgan fingerprint density at radius 3 is 2.50 bits per heavy atom. The summed E-state index contributed by atoms with van der Waals surface area (Å²) >= 11 is 11.9. The van der Waals surface area contributed by atoms with E-state index in [0.717, 1.165) is 0 Å². The summed E-state index contributed by atoms with van der Waals surface area (Å²) in [7, 11) is 1.31. The van der Waals surface area contributed by atoms with Gasteiger partial charge in [0.05, 0.1) is 24.3 Å². The van der Waals surface area contributed by atoms with Gasteiger partial charge in [-0.25, -0.2) is 0 Å². The summed E-state index contributed by atoms with van der Waals surface area (Å²) in [4.78, 5) is 23.2. The number of carbonyl (C=O) groups excluding carboxylic acids is 2. The number of hydrogen-bond acceptors (Lipinski definition) is 4. The first kappa shape index (κ1) is 16.8. The highest BCUT2D eigenvalue weighted by Gasteiger charge is 2.17. The molecule has 110 valence electrons. The van der Waals surface area contributed by atoms with Crippen molar-refractivity contribution in [3.8, 4) is 5.75 Å². The van der Waals surface area contributed by atoms with Gasteiger partial charge in [-0.15, -0.1) is 0 Å². The van der Waals surface area contributed by atoms with E-state index in [9.17, 15) is 9.59 Å². The third kappa shape index (κ3) is 4.69. The van der Waals surface area contributed by atoms with Gasteiger partial charge in [0.1, 0.15) is 5.75 Å². The van der Waals surface area contributed by atoms with E-state index in [0.29, 0.717) is 34.4 Å². The van der Waals surface area contributed by atoms with Crippen LogP contribution in [-0.4, -0.2) is 25.5 Å². The molecule has 20 heavy (non-hydrogen) atoms. The molecule has 0 spiro atoms. The van der Waals surface area contributed by atoms with Crippen molar-refractivity contribution in [1.82, 2.24) is 0 Å². The molecule has 0 saturated carbocycles. The number of hydrogen-bond donors (Lipinski definition) is 0. The summed E-state index contributed by atoms with van der Waals surface area (Å²) in [5, 5.41) is 0.672. The average Bonchev–Trinajstić information content (AvgIpc) is 2.41. The molecule has 0 aliphatic heterocycles. The molecule has 0 saturated heterocycles. The number of rotatable bonds is 7. The minimum Gasteiger partial charge on any atom is -0.492 e. The maximum Gasteiger partial charge on any atom is 0.305 e. The van der Waals surface area contributed by atoms with Crippen molar-refractivity contribution in [2.45, 2.75) is 26.2 Å². The first-order valence-corrected chi connectivity index (χ1v) is 6.97. The molecule has 0 N–H and O–H groups in total. The minimum absolute atomic E-state index is 0.165. The molecule has 0 aliphatic carbocycles. The molecule has 0 radical (unpaired) electrons. The lowest BCUT2D eigenvalue weighted by Crippen LogP contribution is -2.06. The number of carbonyl (C=O) groups is 2. The van der Waals surface area contributed by atoms with E-state index in [2.05, 4.69) is 4.74 Å². The number of benzene rings is 1. The molecule has 1 rings (SSSR count). The standard InChI is InChI=1S/C14H16Cl2O4/c1-3-20-14-10(7-9(15)8-11(14)16)12(17)5-4-6-13(18)19-2/h7-8H,3-6H2,1-2H3. The van der Waals surface area contributed by atoms with Gasteiger partial charge < -0.3 is 9.47 Å². The Bertz CT molecular complexity index is 500. The van der Waals surface area contributed by atoms with E-state index in [1.165, 1.54) is 19.2 Å². The summed E-state index contributed by atoms with van der Waals surface area (Å²) in [6, 6.07) is 3.05. The Hall–Kier alpha value is -1.26. The van der Waals surface area contributed by atoms with Crippen molar-refractivity contribution in [3.63, 3.8) is 0 Å². The van der Waals surface area contributed by atoms with Crippen molar-refractivity contribution in [1.29, 1.82) is 0 Å². The number of ketones is 1. The number of Topliss-reactive ketones (excluding diaryl/α,β-unsaturated/α-hetero) is 1. The molecule has 6 heteroatoms. The highest BCUT2D eigenvalue weighted by molar-refractivity contribution is 6.36. The van der Waals surface area contributed by atoms with E-state index >= 15 is 0 Å². The maximum absolute atomic E-state index is 12.2. The fourth-order valence-electron chi connectivity index (χ4n) is 1.69. The van der Waals surface area contributed by atoms with Crippen LogP contribution in [-0.2, 0) is 9.53 Å². The highest BCUT2D eigenvalue weighted by Crippen LogP contribution is 2.33. The largest absolute Gasteiger partial charge is 0.492 e. The lowest BCUT2D eigenvalue weighted by atomic mass is 10.0. The zero-order chi connectivity index (χ0) is 15.1. The summed E-state index contributed by atoms with van der Waals surface area (Å²) < 4.78 is 9.91. The van der Waals surface area contributed by atoms with Crippen LogP contribution < -0.4 is 4.74 Å². The van der Waals surface area contributed by atoms with Crippen LogP contribution in [0.3, 0.4) is 0 Å². The van der Waals surface area contributed by atoms with E-state index in [1.807, 2.05) is 0 Å². The zero-order valence-corrected chi connectivity index (χ0v) is 12.9. The van der Waals surface area contributed by atoms with Crippen LogP contribution in [0.2, 0.25) is 10.0 Å². The third-order valence-electron chi connectivity index (χ3n) is 2.61. The molecular formula is C14H16Cl2O4. The topological polar surface area (TPSA) is 52.6 Å².